The summed E-state index contributed by atoms with van der Waals surface area (Å²) in [5.74, 6) is 1.01. The molecule has 1 aliphatic rings. The van der Waals surface area contributed by atoms with E-state index in [0.717, 1.165) is 5.92 Å². The van der Waals surface area contributed by atoms with Crippen LogP contribution in [0, 0.1) is 13.0 Å². The van der Waals surface area contributed by atoms with Gasteiger partial charge in [-0.3, -0.25) is 0 Å². The lowest BCUT2D eigenvalue weighted by molar-refractivity contribution is -0.860. The fourth-order valence-corrected chi connectivity index (χ4v) is 1.49. The van der Waals surface area contributed by atoms with E-state index in [-0.39, 0.29) is 0 Å². The second-order valence-electron chi connectivity index (χ2n) is 3.10. The molecule has 0 aromatic carbocycles. The van der Waals surface area contributed by atoms with E-state index in [1.807, 2.05) is 0 Å². The zero-order chi connectivity index (χ0) is 6.69. The first kappa shape index (κ1) is 7.07. The van der Waals surface area contributed by atoms with Crippen molar-refractivity contribution in [3.05, 3.63) is 7.05 Å². The van der Waals surface area contributed by atoms with Crippen molar-refractivity contribution in [3.63, 3.8) is 0 Å². The van der Waals surface area contributed by atoms with E-state index in [2.05, 4.69) is 14.0 Å². The highest BCUT2D eigenvalue weighted by Gasteiger charge is 2.13. The van der Waals surface area contributed by atoms with Gasteiger partial charge in [0.25, 0.3) is 0 Å². The average Bonchev–Trinajstić information content (AvgIpc) is 1.90. The van der Waals surface area contributed by atoms with E-state index >= 15 is 0 Å². The molecule has 0 aromatic rings. The molecule has 1 rings (SSSR count). The van der Waals surface area contributed by atoms with Gasteiger partial charge in [0.2, 0.25) is 0 Å². The molecule has 0 aliphatic carbocycles. The molecule has 0 spiro atoms. The number of nitrogens with one attached hydrogen (secondary N) is 1. The summed E-state index contributed by atoms with van der Waals surface area (Å²) in [6.45, 7) is 4.87. The van der Waals surface area contributed by atoms with Crippen LogP contribution in [-0.2, 0) is 0 Å². The Morgan fingerprint density at radius 1 is 1.44 bits per heavy atom. The molecule has 1 nitrogen and oxygen atoms in total. The fraction of sp³-hybridized carbons (Fsp3) is 0.875. The Morgan fingerprint density at radius 2 is 2.00 bits per heavy atom. The highest BCUT2D eigenvalue weighted by atomic mass is 15.1. The van der Waals surface area contributed by atoms with Gasteiger partial charge >= 0.3 is 0 Å². The highest BCUT2D eigenvalue weighted by Crippen LogP contribution is 2.12. The smallest absolute Gasteiger partial charge is 0.0533 e. The maximum absolute atomic E-state index is 3.98. The number of rotatable bonds is 1. The van der Waals surface area contributed by atoms with Gasteiger partial charge in [0.15, 0.2) is 0 Å². The summed E-state index contributed by atoms with van der Waals surface area (Å²) in [4.78, 5) is 1.47. The lowest BCUT2D eigenvalue weighted by Crippen LogP contribution is -3.08. The molecule has 54 valence electrons. The Balaban J connectivity index is 2.18. The first-order valence-electron chi connectivity index (χ1n) is 3.99. The maximum atomic E-state index is 3.98. The van der Waals surface area contributed by atoms with Crippen molar-refractivity contribution in [2.75, 3.05) is 13.1 Å². The van der Waals surface area contributed by atoms with Crippen LogP contribution in [0.25, 0.3) is 0 Å². The minimum absolute atomic E-state index is 1.01. The lowest BCUT2D eigenvalue weighted by Gasteiger charge is -2.30. The zero-order valence-corrected chi connectivity index (χ0v) is 6.32. The Morgan fingerprint density at radius 3 is 2.44 bits per heavy atom. The van der Waals surface area contributed by atoms with Crippen LogP contribution in [-0.4, -0.2) is 13.1 Å². The Labute approximate surface area is 58.0 Å². The third-order valence-electron chi connectivity index (χ3n) is 2.39. The first-order valence-corrected chi connectivity index (χ1v) is 3.99. The molecule has 1 heteroatoms. The predicted octanol–water partition coefficient (Wildman–Crippen LogP) is 0.483. The number of likely N-dealkylation sites (tertiary alicyclic amines) is 1. The van der Waals surface area contributed by atoms with Crippen molar-refractivity contribution in [2.24, 2.45) is 5.92 Å². The molecule has 0 aromatic heterocycles. The standard InChI is InChI=1S/C8H17N/c1-3-8-4-6-9(2)7-5-8/h8-9H,2-7H2,1H3. The van der Waals surface area contributed by atoms with Crippen LogP contribution in [0.1, 0.15) is 26.2 Å². The number of hydrogen-bond acceptors (Lipinski definition) is 0. The van der Waals surface area contributed by atoms with E-state index in [4.69, 9.17) is 0 Å². The van der Waals surface area contributed by atoms with Gasteiger partial charge in [-0.05, 0) is 18.8 Å². The zero-order valence-electron chi connectivity index (χ0n) is 6.32. The van der Waals surface area contributed by atoms with Crippen LogP contribution in [0.15, 0.2) is 0 Å². The predicted molar refractivity (Wildman–Crippen MR) is 39.1 cm³/mol. The molecular weight excluding hydrogens is 110 g/mol. The lowest BCUT2D eigenvalue weighted by atomic mass is 9.95. The molecule has 0 radical (unpaired) electrons. The summed E-state index contributed by atoms with van der Waals surface area (Å²) in [7, 11) is 3.98. The minimum Gasteiger partial charge on any atom is -0.468 e. The Kier molecular flexibility index (Phi) is 2.52. The Hall–Kier alpha value is -0.0400. The summed E-state index contributed by atoms with van der Waals surface area (Å²) >= 11 is 0. The maximum Gasteiger partial charge on any atom is 0.0533 e. The second kappa shape index (κ2) is 3.21. The fourth-order valence-electron chi connectivity index (χ4n) is 1.49. The SMILES string of the molecule is [CH2-][NH+]1CCC(CC)CC1. The van der Waals surface area contributed by atoms with Crippen molar-refractivity contribution in [1.82, 2.24) is 0 Å². The van der Waals surface area contributed by atoms with Gasteiger partial charge in [0.1, 0.15) is 0 Å². The number of piperidine rings is 1. The molecule has 0 bridgehead atoms. The van der Waals surface area contributed by atoms with Gasteiger partial charge in [-0.2, -0.15) is 7.05 Å². The minimum atomic E-state index is 1.01. The first-order chi connectivity index (χ1) is 4.33. The average molecular weight is 127 g/mol. The van der Waals surface area contributed by atoms with Crippen molar-refractivity contribution in [2.45, 2.75) is 26.2 Å². The van der Waals surface area contributed by atoms with Crippen LogP contribution in [0.4, 0.5) is 0 Å². The molecular formula is C8H17N. The molecule has 1 N–H and O–H groups in total. The van der Waals surface area contributed by atoms with Crippen LogP contribution < -0.4 is 4.90 Å². The summed E-state index contributed by atoms with van der Waals surface area (Å²) in [5.41, 5.74) is 0. The highest BCUT2D eigenvalue weighted by molar-refractivity contribution is 4.59. The molecule has 1 aliphatic heterocycles. The second-order valence-corrected chi connectivity index (χ2v) is 3.10. The summed E-state index contributed by atoms with van der Waals surface area (Å²) in [6, 6.07) is 0. The van der Waals surface area contributed by atoms with Crippen molar-refractivity contribution >= 4 is 0 Å². The van der Waals surface area contributed by atoms with E-state index in [0.29, 0.717) is 0 Å². The molecule has 0 amide bonds. The van der Waals surface area contributed by atoms with Crippen molar-refractivity contribution in [3.8, 4) is 0 Å². The number of hydrogen-bond donors (Lipinski definition) is 1. The molecule has 0 atom stereocenters. The molecule has 9 heavy (non-hydrogen) atoms. The van der Waals surface area contributed by atoms with Crippen molar-refractivity contribution in [1.29, 1.82) is 0 Å². The molecule has 1 saturated heterocycles. The van der Waals surface area contributed by atoms with E-state index in [1.165, 1.54) is 37.3 Å². The molecule has 0 saturated carbocycles. The summed E-state index contributed by atoms with van der Waals surface area (Å²) in [5, 5.41) is 0. The normalized spacial score (nSPS) is 36.7. The van der Waals surface area contributed by atoms with E-state index in [9.17, 15) is 0 Å². The van der Waals surface area contributed by atoms with Crippen LogP contribution in [0.2, 0.25) is 0 Å². The van der Waals surface area contributed by atoms with Gasteiger partial charge in [0, 0.05) is 0 Å². The molecule has 1 heterocycles. The van der Waals surface area contributed by atoms with Gasteiger partial charge < -0.3 is 4.90 Å². The topological polar surface area (TPSA) is 4.44 Å². The Bertz CT molecular complexity index is 72.6. The van der Waals surface area contributed by atoms with Gasteiger partial charge in [0.05, 0.1) is 13.1 Å². The van der Waals surface area contributed by atoms with Gasteiger partial charge in [-0.1, -0.05) is 13.3 Å². The quantitative estimate of drug-likeness (QED) is 0.489. The van der Waals surface area contributed by atoms with Crippen LogP contribution >= 0.6 is 0 Å². The third kappa shape index (κ3) is 1.98. The van der Waals surface area contributed by atoms with E-state index in [1.54, 1.807) is 0 Å². The monoisotopic (exact) mass is 127 g/mol. The largest absolute Gasteiger partial charge is 0.468 e. The van der Waals surface area contributed by atoms with Crippen LogP contribution in [0.5, 0.6) is 0 Å². The summed E-state index contributed by atoms with van der Waals surface area (Å²) in [6.07, 6.45) is 4.16. The summed E-state index contributed by atoms with van der Waals surface area (Å²) < 4.78 is 0. The van der Waals surface area contributed by atoms with Crippen molar-refractivity contribution < 1.29 is 4.90 Å². The molecule has 1 fully saturated rings. The molecule has 0 unspecified atom stereocenters. The van der Waals surface area contributed by atoms with Crippen LogP contribution in [0.3, 0.4) is 0 Å². The number of quaternary nitrogens is 1. The van der Waals surface area contributed by atoms with E-state index < -0.39 is 0 Å². The third-order valence-corrected chi connectivity index (χ3v) is 2.39. The van der Waals surface area contributed by atoms with Gasteiger partial charge in [-0.15, -0.1) is 0 Å². The van der Waals surface area contributed by atoms with Gasteiger partial charge in [-0.25, -0.2) is 0 Å².